The molecular formula is C25H19N5O3. The van der Waals surface area contributed by atoms with Crippen molar-refractivity contribution in [3.05, 3.63) is 99.6 Å². The molecule has 33 heavy (non-hydrogen) atoms. The number of nitro groups is 1. The maximum absolute atomic E-state index is 12.8. The van der Waals surface area contributed by atoms with E-state index in [0.29, 0.717) is 22.3 Å². The van der Waals surface area contributed by atoms with Crippen LogP contribution < -0.4 is 5.32 Å². The predicted molar refractivity (Wildman–Crippen MR) is 127 cm³/mol. The second kappa shape index (κ2) is 7.83. The zero-order valence-electron chi connectivity index (χ0n) is 17.9. The standard InChI is InChI=1S/C25H19N5O3/c1-15-10-11-18(13-24(15)30(32)33)25(31)26-20-14-22-21(12-16(20)2)27-29(28-22)23-9-5-7-17-6-3-4-8-19(17)23/h3-14H,1-2H3,(H,26,31). The maximum atomic E-state index is 12.8. The molecule has 1 N–H and O–H groups in total. The smallest absolute Gasteiger partial charge is 0.273 e. The highest BCUT2D eigenvalue weighted by molar-refractivity contribution is 6.06. The highest BCUT2D eigenvalue weighted by atomic mass is 16.6. The van der Waals surface area contributed by atoms with Gasteiger partial charge in [0.1, 0.15) is 11.0 Å². The van der Waals surface area contributed by atoms with Crippen LogP contribution in [0.5, 0.6) is 0 Å². The van der Waals surface area contributed by atoms with Gasteiger partial charge in [-0.25, -0.2) is 0 Å². The van der Waals surface area contributed by atoms with Crippen LogP contribution in [0.2, 0.25) is 0 Å². The van der Waals surface area contributed by atoms with Crippen LogP contribution in [0, 0.1) is 24.0 Å². The summed E-state index contributed by atoms with van der Waals surface area (Å²) in [6.07, 6.45) is 0. The summed E-state index contributed by atoms with van der Waals surface area (Å²) in [7, 11) is 0. The normalized spacial score (nSPS) is 11.1. The first-order valence-corrected chi connectivity index (χ1v) is 10.3. The third-order valence-corrected chi connectivity index (χ3v) is 5.62. The van der Waals surface area contributed by atoms with E-state index < -0.39 is 10.8 Å². The monoisotopic (exact) mass is 437 g/mol. The largest absolute Gasteiger partial charge is 0.322 e. The van der Waals surface area contributed by atoms with Crippen LogP contribution in [0.4, 0.5) is 11.4 Å². The zero-order chi connectivity index (χ0) is 23.1. The molecule has 1 heterocycles. The molecule has 5 rings (SSSR count). The molecule has 0 spiro atoms. The lowest BCUT2D eigenvalue weighted by molar-refractivity contribution is -0.385. The van der Waals surface area contributed by atoms with E-state index >= 15 is 0 Å². The highest BCUT2D eigenvalue weighted by Gasteiger charge is 2.17. The molecule has 8 heteroatoms. The van der Waals surface area contributed by atoms with Crippen LogP contribution in [0.3, 0.4) is 0 Å². The third-order valence-electron chi connectivity index (χ3n) is 5.62. The van der Waals surface area contributed by atoms with Crippen LogP contribution in [0.25, 0.3) is 27.5 Å². The molecule has 0 bridgehead atoms. The Balaban J connectivity index is 1.51. The second-order valence-electron chi connectivity index (χ2n) is 7.86. The van der Waals surface area contributed by atoms with Gasteiger partial charge >= 0.3 is 0 Å². The summed E-state index contributed by atoms with van der Waals surface area (Å²) in [4.78, 5) is 25.1. The summed E-state index contributed by atoms with van der Waals surface area (Å²) in [5.74, 6) is -0.429. The van der Waals surface area contributed by atoms with Crippen LogP contribution in [0.15, 0.2) is 72.8 Å². The average Bonchev–Trinajstić information content (AvgIpc) is 3.21. The summed E-state index contributed by atoms with van der Waals surface area (Å²) in [6, 6.07) is 22.0. The molecule has 0 atom stereocenters. The van der Waals surface area contributed by atoms with Gasteiger partial charge in [0, 0.05) is 28.3 Å². The van der Waals surface area contributed by atoms with Crippen molar-refractivity contribution in [1.29, 1.82) is 0 Å². The van der Waals surface area contributed by atoms with E-state index in [4.69, 9.17) is 0 Å². The first-order chi connectivity index (χ1) is 15.9. The molecule has 1 aromatic heterocycles. The highest BCUT2D eigenvalue weighted by Crippen LogP contribution is 2.26. The van der Waals surface area contributed by atoms with E-state index in [0.717, 1.165) is 22.0 Å². The molecule has 5 aromatic rings. The van der Waals surface area contributed by atoms with Gasteiger partial charge < -0.3 is 5.32 Å². The Morgan fingerprint density at radius 2 is 1.64 bits per heavy atom. The van der Waals surface area contributed by atoms with Crippen molar-refractivity contribution in [2.24, 2.45) is 0 Å². The number of anilines is 1. The number of aromatic nitrogens is 3. The molecule has 0 aliphatic heterocycles. The molecule has 1 amide bonds. The number of hydrogen-bond donors (Lipinski definition) is 1. The lowest BCUT2D eigenvalue weighted by atomic mass is 10.1. The summed E-state index contributed by atoms with van der Waals surface area (Å²) >= 11 is 0. The quantitative estimate of drug-likeness (QED) is 0.301. The van der Waals surface area contributed by atoms with Gasteiger partial charge in [-0.15, -0.1) is 15.0 Å². The third kappa shape index (κ3) is 3.67. The number of nitrogens with one attached hydrogen (secondary N) is 1. The Bertz CT molecular complexity index is 1570. The summed E-state index contributed by atoms with van der Waals surface area (Å²) in [5, 5.41) is 25.4. The number of fused-ring (bicyclic) bond motifs is 2. The van der Waals surface area contributed by atoms with Crippen molar-refractivity contribution in [2.75, 3.05) is 5.32 Å². The van der Waals surface area contributed by atoms with Crippen molar-refractivity contribution in [3.8, 4) is 5.69 Å². The number of benzene rings is 4. The zero-order valence-corrected chi connectivity index (χ0v) is 17.9. The molecule has 0 saturated heterocycles. The number of nitrogens with zero attached hydrogens (tertiary/aromatic N) is 4. The lowest BCUT2D eigenvalue weighted by Gasteiger charge is -2.08. The van der Waals surface area contributed by atoms with E-state index in [1.54, 1.807) is 29.9 Å². The number of rotatable bonds is 4. The van der Waals surface area contributed by atoms with Crippen molar-refractivity contribution in [3.63, 3.8) is 0 Å². The van der Waals surface area contributed by atoms with Gasteiger partial charge in [0.05, 0.1) is 10.6 Å². The van der Waals surface area contributed by atoms with Crippen molar-refractivity contribution < 1.29 is 9.72 Å². The van der Waals surface area contributed by atoms with Crippen molar-refractivity contribution in [1.82, 2.24) is 15.0 Å². The van der Waals surface area contributed by atoms with Gasteiger partial charge in [-0.1, -0.05) is 42.5 Å². The number of nitro benzene ring substituents is 1. The maximum Gasteiger partial charge on any atom is 0.273 e. The number of amides is 1. The Hall–Kier alpha value is -4.59. The number of carbonyl (C=O) groups excluding carboxylic acids is 1. The number of hydrogen-bond acceptors (Lipinski definition) is 5. The minimum Gasteiger partial charge on any atom is -0.322 e. The van der Waals surface area contributed by atoms with Gasteiger partial charge in [-0.2, -0.15) is 0 Å². The fourth-order valence-electron chi connectivity index (χ4n) is 3.83. The Kier molecular flexibility index (Phi) is 4.82. The minimum absolute atomic E-state index is 0.0899. The molecule has 0 radical (unpaired) electrons. The van der Waals surface area contributed by atoms with Crippen molar-refractivity contribution in [2.45, 2.75) is 13.8 Å². The van der Waals surface area contributed by atoms with Gasteiger partial charge in [-0.3, -0.25) is 14.9 Å². The Labute approximate surface area is 188 Å². The molecule has 0 saturated carbocycles. The lowest BCUT2D eigenvalue weighted by Crippen LogP contribution is -2.13. The molecule has 8 nitrogen and oxygen atoms in total. The van der Waals surface area contributed by atoms with E-state index in [1.165, 1.54) is 6.07 Å². The average molecular weight is 437 g/mol. The topological polar surface area (TPSA) is 103 Å². The van der Waals surface area contributed by atoms with Crippen LogP contribution in [-0.4, -0.2) is 25.8 Å². The van der Waals surface area contributed by atoms with Crippen LogP contribution in [0.1, 0.15) is 21.5 Å². The van der Waals surface area contributed by atoms with Gasteiger partial charge in [0.25, 0.3) is 11.6 Å². The van der Waals surface area contributed by atoms with E-state index in [1.807, 2.05) is 55.5 Å². The Morgan fingerprint density at radius 1 is 0.909 bits per heavy atom. The van der Waals surface area contributed by atoms with Gasteiger partial charge in [0.2, 0.25) is 0 Å². The minimum atomic E-state index is -0.491. The van der Waals surface area contributed by atoms with E-state index in [-0.39, 0.29) is 11.3 Å². The molecule has 0 aliphatic carbocycles. The molecule has 162 valence electrons. The first kappa shape index (κ1) is 20.3. The SMILES string of the molecule is Cc1cc2nn(-c3cccc4ccccc34)nc2cc1NC(=O)c1ccc(C)c([N+](=O)[O-])c1. The van der Waals surface area contributed by atoms with Crippen molar-refractivity contribution >= 4 is 39.1 Å². The van der Waals surface area contributed by atoms with Gasteiger partial charge in [-0.05, 0) is 49.1 Å². The summed E-state index contributed by atoms with van der Waals surface area (Å²) in [6.45, 7) is 3.50. The Morgan fingerprint density at radius 3 is 2.42 bits per heavy atom. The first-order valence-electron chi connectivity index (χ1n) is 10.3. The van der Waals surface area contributed by atoms with Crippen LogP contribution in [-0.2, 0) is 0 Å². The summed E-state index contributed by atoms with van der Waals surface area (Å²) < 4.78 is 0. The van der Waals surface area contributed by atoms with E-state index in [2.05, 4.69) is 15.5 Å². The number of aryl methyl sites for hydroxylation is 2. The van der Waals surface area contributed by atoms with Crippen LogP contribution >= 0.6 is 0 Å². The van der Waals surface area contributed by atoms with Gasteiger partial charge in [0.15, 0.2) is 0 Å². The fourth-order valence-corrected chi connectivity index (χ4v) is 3.83. The summed E-state index contributed by atoms with van der Waals surface area (Å²) in [5.41, 5.74) is 4.18. The predicted octanol–water partition coefficient (Wildman–Crippen LogP) is 5.35. The van der Waals surface area contributed by atoms with E-state index in [9.17, 15) is 14.9 Å². The molecule has 0 aliphatic rings. The second-order valence-corrected chi connectivity index (χ2v) is 7.86. The number of carbonyl (C=O) groups is 1. The molecule has 0 unspecified atom stereocenters. The fraction of sp³-hybridized carbons (Fsp3) is 0.0800. The molecule has 0 fully saturated rings. The molecule has 4 aromatic carbocycles. The molecular weight excluding hydrogens is 418 g/mol.